The van der Waals surface area contributed by atoms with E-state index in [2.05, 4.69) is 33.7 Å². The van der Waals surface area contributed by atoms with Crippen molar-refractivity contribution in [3.8, 4) is 17.2 Å². The van der Waals surface area contributed by atoms with E-state index in [0.717, 1.165) is 55.4 Å². The van der Waals surface area contributed by atoms with Crippen molar-refractivity contribution in [3.05, 3.63) is 59.9 Å². The summed E-state index contributed by atoms with van der Waals surface area (Å²) in [7, 11) is 1.60. The Bertz CT molecular complexity index is 1450. The number of aromatic nitrogens is 1. The molecule has 8 heteroatoms. The molecule has 8 nitrogen and oxygen atoms in total. The molecule has 0 radical (unpaired) electrons. The number of carbonyl (C=O) groups excluding carboxylic acids is 1. The highest BCUT2D eigenvalue weighted by molar-refractivity contribution is 5.96. The maximum atomic E-state index is 14.8. The molecule has 3 aliphatic heterocycles. The predicted octanol–water partition coefficient (Wildman–Crippen LogP) is 5.15. The monoisotopic (exact) mass is 570 g/mol. The summed E-state index contributed by atoms with van der Waals surface area (Å²) in [6, 6.07) is 14.3. The molecule has 4 heterocycles. The van der Waals surface area contributed by atoms with Crippen molar-refractivity contribution in [2.75, 3.05) is 26.7 Å². The van der Waals surface area contributed by atoms with Gasteiger partial charge < -0.3 is 29.7 Å². The van der Waals surface area contributed by atoms with Crippen molar-refractivity contribution >= 4 is 16.7 Å². The van der Waals surface area contributed by atoms with E-state index >= 15 is 0 Å². The minimum Gasteiger partial charge on any atom is -0.493 e. The molecule has 222 valence electrons. The Kier molecular flexibility index (Phi) is 7.22. The van der Waals surface area contributed by atoms with Crippen molar-refractivity contribution in [1.82, 2.24) is 20.5 Å². The van der Waals surface area contributed by atoms with Gasteiger partial charge in [0, 0.05) is 43.1 Å². The topological polar surface area (TPSA) is 85.0 Å². The van der Waals surface area contributed by atoms with Crippen LogP contribution in [0.25, 0.3) is 10.8 Å². The van der Waals surface area contributed by atoms with Gasteiger partial charge >= 0.3 is 0 Å². The van der Waals surface area contributed by atoms with Crippen molar-refractivity contribution in [2.24, 2.45) is 17.8 Å². The number of rotatable bonds is 8. The molecule has 1 aromatic heterocycles. The number of amides is 1. The van der Waals surface area contributed by atoms with Crippen molar-refractivity contribution in [2.45, 2.75) is 70.4 Å². The third kappa shape index (κ3) is 5.20. The minimum absolute atomic E-state index is 0.0284. The van der Waals surface area contributed by atoms with Gasteiger partial charge in [0.1, 0.15) is 0 Å². The van der Waals surface area contributed by atoms with Crippen molar-refractivity contribution in [3.63, 3.8) is 0 Å². The molecule has 2 bridgehead atoms. The first-order chi connectivity index (χ1) is 20.4. The number of hydrogen-bond donors (Lipinski definition) is 2. The van der Waals surface area contributed by atoms with E-state index in [1.165, 1.54) is 12.8 Å². The summed E-state index contributed by atoms with van der Waals surface area (Å²) in [5.41, 5.74) is 1.44. The van der Waals surface area contributed by atoms with E-state index in [1.807, 2.05) is 38.2 Å². The fraction of sp³-hybridized carbons (Fsp3) is 0.529. The second kappa shape index (κ2) is 11.0. The molecular formula is C34H42N4O4. The number of benzene rings is 2. The first-order valence-corrected chi connectivity index (χ1v) is 15.6. The highest BCUT2D eigenvalue weighted by Gasteiger charge is 2.44. The number of fused-ring (bicyclic) bond motifs is 4. The van der Waals surface area contributed by atoms with Crippen LogP contribution in [0.3, 0.4) is 0 Å². The van der Waals surface area contributed by atoms with Gasteiger partial charge in [0.15, 0.2) is 11.5 Å². The smallest absolute Gasteiger partial charge is 0.254 e. The third-order valence-corrected chi connectivity index (χ3v) is 9.88. The van der Waals surface area contributed by atoms with Crippen LogP contribution < -0.4 is 24.8 Å². The lowest BCUT2D eigenvalue weighted by atomic mass is 9.79. The summed E-state index contributed by atoms with van der Waals surface area (Å²) in [4.78, 5) is 21.7. The Morgan fingerprint density at radius 3 is 2.62 bits per heavy atom. The maximum absolute atomic E-state index is 14.8. The zero-order chi connectivity index (χ0) is 28.8. The van der Waals surface area contributed by atoms with Gasteiger partial charge in [-0.1, -0.05) is 24.3 Å². The molecule has 4 atom stereocenters. The fourth-order valence-electron chi connectivity index (χ4n) is 7.87. The molecule has 3 fully saturated rings. The summed E-state index contributed by atoms with van der Waals surface area (Å²) in [6.07, 6.45) is 7.69. The minimum atomic E-state index is -0.823. The van der Waals surface area contributed by atoms with Gasteiger partial charge in [0.2, 0.25) is 11.5 Å². The second-order valence-electron chi connectivity index (χ2n) is 13.0. The van der Waals surface area contributed by atoms with E-state index < -0.39 is 5.79 Å². The normalized spacial score (nSPS) is 26.4. The van der Waals surface area contributed by atoms with Crippen LogP contribution in [0.1, 0.15) is 62.0 Å². The molecule has 0 spiro atoms. The van der Waals surface area contributed by atoms with E-state index in [4.69, 9.17) is 19.2 Å². The van der Waals surface area contributed by atoms with Crippen LogP contribution in [0.4, 0.5) is 0 Å². The molecule has 1 amide bonds. The van der Waals surface area contributed by atoms with Gasteiger partial charge in [-0.05, 0) is 93.1 Å². The average Bonchev–Trinajstić information content (AvgIpc) is 3.68. The number of methoxy groups -OCH3 is 1. The highest BCUT2D eigenvalue weighted by atomic mass is 16.7. The molecule has 42 heavy (non-hydrogen) atoms. The summed E-state index contributed by atoms with van der Waals surface area (Å²) in [5.74, 6) is 2.71. The third-order valence-electron chi connectivity index (χ3n) is 9.88. The quantitative estimate of drug-likeness (QED) is 0.388. The summed E-state index contributed by atoms with van der Waals surface area (Å²) in [5, 5.41) is 9.66. The zero-order valence-corrected chi connectivity index (χ0v) is 24.9. The van der Waals surface area contributed by atoms with Crippen molar-refractivity contribution < 1.29 is 19.0 Å². The largest absolute Gasteiger partial charge is 0.493 e. The van der Waals surface area contributed by atoms with Crippen LogP contribution in [0, 0.1) is 17.8 Å². The SMILES string of the molecule is COc1cc(C(=O)N(Cc2cc3ccccc3cn2)[C@@H](CC2C3CCC2CNC3)C2CCCN2)cc2c1OC(C)(C)O2. The molecule has 7 rings (SSSR count). The standard InChI is InChI=1S/C34H42N4O4/c1-34(2)41-31-15-25(14-30(40-3)32(31)42-34)33(39)38(20-26-13-21-7-4-5-8-22(21)19-37-26)29(28-9-6-12-36-28)16-27-23-10-11-24(27)18-35-17-23/h4-5,7-8,13-15,19,23-24,27-29,35-36H,6,9-12,16-18,20H2,1-3H3/t23?,24?,27?,28?,29-/m0/s1. The summed E-state index contributed by atoms with van der Waals surface area (Å²) >= 11 is 0. The van der Waals surface area contributed by atoms with Gasteiger partial charge in [0.05, 0.1) is 19.3 Å². The van der Waals surface area contributed by atoms with E-state index in [-0.39, 0.29) is 18.0 Å². The van der Waals surface area contributed by atoms with Crippen LogP contribution in [-0.4, -0.2) is 60.4 Å². The van der Waals surface area contributed by atoms with Gasteiger partial charge in [-0.2, -0.15) is 0 Å². The number of pyridine rings is 1. The molecule has 2 saturated heterocycles. The molecule has 2 aromatic carbocycles. The zero-order valence-electron chi connectivity index (χ0n) is 24.9. The Morgan fingerprint density at radius 1 is 1.10 bits per heavy atom. The number of nitrogens with one attached hydrogen (secondary N) is 2. The van der Waals surface area contributed by atoms with Gasteiger partial charge in [0.25, 0.3) is 5.91 Å². The lowest BCUT2D eigenvalue weighted by molar-refractivity contribution is -0.0439. The second-order valence-corrected chi connectivity index (χ2v) is 13.0. The first kappa shape index (κ1) is 27.5. The number of piperidine rings is 1. The van der Waals surface area contributed by atoms with Crippen LogP contribution in [-0.2, 0) is 6.54 Å². The lowest BCUT2D eigenvalue weighted by Gasteiger charge is -2.41. The fourth-order valence-corrected chi connectivity index (χ4v) is 7.87. The maximum Gasteiger partial charge on any atom is 0.254 e. The molecule has 1 saturated carbocycles. The number of ether oxygens (including phenoxy) is 3. The molecule has 4 aliphatic rings. The number of carbonyl (C=O) groups is 1. The van der Waals surface area contributed by atoms with Crippen LogP contribution >= 0.6 is 0 Å². The summed E-state index contributed by atoms with van der Waals surface area (Å²) in [6.45, 7) is 7.32. The average molecular weight is 571 g/mol. The van der Waals surface area contributed by atoms with Gasteiger partial charge in [-0.25, -0.2) is 0 Å². The Balaban J connectivity index is 1.28. The molecule has 1 aliphatic carbocycles. The Morgan fingerprint density at radius 2 is 1.88 bits per heavy atom. The lowest BCUT2D eigenvalue weighted by Crippen LogP contribution is -2.52. The number of nitrogens with zero attached hydrogens (tertiary/aromatic N) is 2. The highest BCUT2D eigenvalue weighted by Crippen LogP contribution is 2.47. The molecule has 3 unspecified atom stereocenters. The van der Waals surface area contributed by atoms with Gasteiger partial charge in [-0.15, -0.1) is 0 Å². The van der Waals surface area contributed by atoms with Crippen LogP contribution in [0.5, 0.6) is 17.2 Å². The van der Waals surface area contributed by atoms with E-state index in [1.54, 1.807) is 13.2 Å². The number of hydrogen-bond acceptors (Lipinski definition) is 7. The Labute approximate surface area is 248 Å². The van der Waals surface area contributed by atoms with Crippen molar-refractivity contribution in [1.29, 1.82) is 0 Å². The molecule has 3 aromatic rings. The molecule has 2 N–H and O–H groups in total. The first-order valence-electron chi connectivity index (χ1n) is 15.6. The van der Waals surface area contributed by atoms with E-state index in [9.17, 15) is 4.79 Å². The summed E-state index contributed by atoms with van der Waals surface area (Å²) < 4.78 is 17.8. The Hall–Kier alpha value is -3.36. The predicted molar refractivity (Wildman–Crippen MR) is 162 cm³/mol. The van der Waals surface area contributed by atoms with E-state index in [0.29, 0.717) is 47.1 Å². The molecular weight excluding hydrogens is 528 g/mol. The van der Waals surface area contributed by atoms with Gasteiger partial charge in [-0.3, -0.25) is 9.78 Å². The van der Waals surface area contributed by atoms with Crippen LogP contribution in [0.15, 0.2) is 48.7 Å². The van der Waals surface area contributed by atoms with Crippen LogP contribution in [0.2, 0.25) is 0 Å².